The number of aryl methyl sites for hydroxylation is 1. The Labute approximate surface area is 95.2 Å². The minimum atomic E-state index is 0.246. The minimum absolute atomic E-state index is 0.246. The van der Waals surface area contributed by atoms with Crippen LogP contribution in [0.4, 0.5) is 0 Å². The molecular formula is C11H18N4O. The summed E-state index contributed by atoms with van der Waals surface area (Å²) in [6.45, 7) is 3.12. The maximum absolute atomic E-state index is 11.6. The van der Waals surface area contributed by atoms with E-state index in [-0.39, 0.29) is 5.91 Å². The molecule has 1 fully saturated rings. The van der Waals surface area contributed by atoms with Crippen LogP contribution in [-0.4, -0.2) is 40.2 Å². The average molecular weight is 222 g/mol. The highest BCUT2D eigenvalue weighted by Crippen LogP contribution is 2.16. The molecular weight excluding hydrogens is 204 g/mol. The third kappa shape index (κ3) is 2.61. The summed E-state index contributed by atoms with van der Waals surface area (Å²) in [6.07, 6.45) is 5.28. The molecule has 16 heavy (non-hydrogen) atoms. The lowest BCUT2D eigenvalue weighted by Gasteiger charge is -2.16. The summed E-state index contributed by atoms with van der Waals surface area (Å²) in [5.41, 5.74) is 5.57. The van der Waals surface area contributed by atoms with Crippen LogP contribution in [-0.2, 0) is 11.3 Å². The lowest BCUT2D eigenvalue weighted by molar-refractivity contribution is -0.127. The Morgan fingerprint density at radius 2 is 2.38 bits per heavy atom. The first kappa shape index (κ1) is 11.1. The Morgan fingerprint density at radius 3 is 3.00 bits per heavy atom. The Kier molecular flexibility index (Phi) is 3.56. The Morgan fingerprint density at radius 1 is 1.50 bits per heavy atom. The first-order valence-electron chi connectivity index (χ1n) is 5.75. The largest absolute Gasteiger partial charge is 0.342 e. The number of rotatable bonds is 5. The molecule has 1 unspecified atom stereocenters. The zero-order valence-corrected chi connectivity index (χ0v) is 9.38. The van der Waals surface area contributed by atoms with Crippen LogP contribution in [0.25, 0.3) is 0 Å². The Hall–Kier alpha value is -1.36. The van der Waals surface area contributed by atoms with Gasteiger partial charge in [0.15, 0.2) is 0 Å². The predicted octanol–water partition coefficient (Wildman–Crippen LogP) is 0.0804. The van der Waals surface area contributed by atoms with Crippen LogP contribution in [0.2, 0.25) is 0 Å². The van der Waals surface area contributed by atoms with Crippen molar-refractivity contribution in [2.75, 3.05) is 19.6 Å². The van der Waals surface area contributed by atoms with Gasteiger partial charge in [-0.05, 0) is 24.9 Å². The maximum atomic E-state index is 11.6. The van der Waals surface area contributed by atoms with Gasteiger partial charge in [0.1, 0.15) is 0 Å². The summed E-state index contributed by atoms with van der Waals surface area (Å²) in [4.78, 5) is 13.5. The predicted molar refractivity (Wildman–Crippen MR) is 60.6 cm³/mol. The molecule has 0 bridgehead atoms. The third-order valence-corrected chi connectivity index (χ3v) is 3.00. The van der Waals surface area contributed by atoms with Crippen molar-refractivity contribution in [3.63, 3.8) is 0 Å². The van der Waals surface area contributed by atoms with Gasteiger partial charge < -0.3 is 10.6 Å². The fraction of sp³-hybridized carbons (Fsp3) is 0.636. The molecule has 1 aromatic heterocycles. The summed E-state index contributed by atoms with van der Waals surface area (Å²) in [5, 5.41) is 4.12. The molecule has 0 spiro atoms. The molecule has 88 valence electrons. The van der Waals surface area contributed by atoms with Crippen molar-refractivity contribution in [2.24, 2.45) is 11.7 Å². The van der Waals surface area contributed by atoms with Crippen LogP contribution in [0.1, 0.15) is 12.8 Å². The normalized spacial score (nSPS) is 20.7. The zero-order chi connectivity index (χ0) is 11.4. The van der Waals surface area contributed by atoms with Crippen LogP contribution < -0.4 is 5.73 Å². The molecule has 5 nitrogen and oxygen atoms in total. The molecule has 0 saturated carbocycles. The number of nitrogens with two attached hydrogens (primary N) is 1. The second-order valence-corrected chi connectivity index (χ2v) is 4.27. The van der Waals surface area contributed by atoms with Crippen LogP contribution in [0.5, 0.6) is 0 Å². The molecule has 1 aliphatic rings. The van der Waals surface area contributed by atoms with Crippen molar-refractivity contribution >= 4 is 5.91 Å². The zero-order valence-electron chi connectivity index (χ0n) is 9.38. The summed E-state index contributed by atoms with van der Waals surface area (Å²) in [5.74, 6) is 0.605. The highest BCUT2D eigenvalue weighted by atomic mass is 16.2. The number of amides is 1. The summed E-state index contributed by atoms with van der Waals surface area (Å²) in [7, 11) is 0. The van der Waals surface area contributed by atoms with Crippen molar-refractivity contribution in [1.29, 1.82) is 0 Å². The van der Waals surface area contributed by atoms with Gasteiger partial charge in [0.25, 0.3) is 0 Å². The SMILES string of the molecule is NCC1CC(=O)N(CCCn2cccn2)C1. The van der Waals surface area contributed by atoms with Gasteiger partial charge in [-0.1, -0.05) is 0 Å². The smallest absolute Gasteiger partial charge is 0.222 e. The molecule has 1 aromatic rings. The van der Waals surface area contributed by atoms with Crippen LogP contribution in [0.15, 0.2) is 18.5 Å². The Balaban J connectivity index is 1.72. The van der Waals surface area contributed by atoms with E-state index in [0.717, 1.165) is 26.1 Å². The van der Waals surface area contributed by atoms with E-state index in [2.05, 4.69) is 5.10 Å². The van der Waals surface area contributed by atoms with E-state index in [1.54, 1.807) is 6.20 Å². The van der Waals surface area contributed by atoms with Crippen molar-refractivity contribution < 1.29 is 4.79 Å². The fourth-order valence-electron chi connectivity index (χ4n) is 2.08. The van der Waals surface area contributed by atoms with E-state index in [1.165, 1.54) is 0 Å². The molecule has 1 saturated heterocycles. The standard InChI is InChI=1S/C11H18N4O/c12-8-10-7-11(16)14(9-10)4-2-6-15-5-1-3-13-15/h1,3,5,10H,2,4,6-9,12H2. The highest BCUT2D eigenvalue weighted by molar-refractivity contribution is 5.78. The molecule has 5 heteroatoms. The lowest BCUT2D eigenvalue weighted by Crippen LogP contribution is -2.28. The van der Waals surface area contributed by atoms with Gasteiger partial charge in [0.05, 0.1) is 0 Å². The van der Waals surface area contributed by atoms with E-state index < -0.39 is 0 Å². The number of hydrogen-bond donors (Lipinski definition) is 1. The second kappa shape index (κ2) is 5.12. The minimum Gasteiger partial charge on any atom is -0.342 e. The van der Waals surface area contributed by atoms with Crippen LogP contribution >= 0.6 is 0 Å². The van der Waals surface area contributed by atoms with E-state index in [9.17, 15) is 4.79 Å². The van der Waals surface area contributed by atoms with Gasteiger partial charge in [0, 0.05) is 38.4 Å². The van der Waals surface area contributed by atoms with Crippen molar-refractivity contribution in [2.45, 2.75) is 19.4 Å². The van der Waals surface area contributed by atoms with Gasteiger partial charge in [-0.15, -0.1) is 0 Å². The molecule has 1 atom stereocenters. The van der Waals surface area contributed by atoms with Gasteiger partial charge >= 0.3 is 0 Å². The summed E-state index contributed by atoms with van der Waals surface area (Å²) in [6, 6.07) is 1.91. The van der Waals surface area contributed by atoms with Crippen molar-refractivity contribution in [1.82, 2.24) is 14.7 Å². The number of nitrogens with zero attached hydrogens (tertiary/aromatic N) is 3. The van der Waals surface area contributed by atoms with Gasteiger partial charge in [-0.25, -0.2) is 0 Å². The van der Waals surface area contributed by atoms with Gasteiger partial charge in [0.2, 0.25) is 5.91 Å². The molecule has 0 aromatic carbocycles. The van der Waals surface area contributed by atoms with Gasteiger partial charge in [-0.3, -0.25) is 9.48 Å². The quantitative estimate of drug-likeness (QED) is 0.767. The summed E-state index contributed by atoms with van der Waals surface area (Å²) >= 11 is 0. The molecule has 2 heterocycles. The fourth-order valence-corrected chi connectivity index (χ4v) is 2.08. The second-order valence-electron chi connectivity index (χ2n) is 4.27. The van der Waals surface area contributed by atoms with E-state index in [1.807, 2.05) is 21.8 Å². The molecule has 2 N–H and O–H groups in total. The van der Waals surface area contributed by atoms with E-state index in [0.29, 0.717) is 18.9 Å². The number of carbonyl (C=O) groups is 1. The number of hydrogen-bond acceptors (Lipinski definition) is 3. The van der Waals surface area contributed by atoms with Crippen molar-refractivity contribution in [3.05, 3.63) is 18.5 Å². The Bertz CT molecular complexity index is 336. The van der Waals surface area contributed by atoms with Crippen molar-refractivity contribution in [3.8, 4) is 0 Å². The first-order valence-corrected chi connectivity index (χ1v) is 5.75. The molecule has 1 aliphatic heterocycles. The highest BCUT2D eigenvalue weighted by Gasteiger charge is 2.27. The number of carbonyl (C=O) groups excluding carboxylic acids is 1. The monoisotopic (exact) mass is 222 g/mol. The average Bonchev–Trinajstić information content (AvgIpc) is 2.89. The number of aromatic nitrogens is 2. The molecule has 0 radical (unpaired) electrons. The first-order chi connectivity index (χ1) is 7.79. The molecule has 2 rings (SSSR count). The maximum Gasteiger partial charge on any atom is 0.222 e. The van der Waals surface area contributed by atoms with E-state index in [4.69, 9.17) is 5.73 Å². The van der Waals surface area contributed by atoms with E-state index >= 15 is 0 Å². The third-order valence-electron chi connectivity index (χ3n) is 3.00. The molecule has 0 aliphatic carbocycles. The van der Waals surface area contributed by atoms with Gasteiger partial charge in [-0.2, -0.15) is 5.10 Å². The summed E-state index contributed by atoms with van der Waals surface area (Å²) < 4.78 is 1.89. The van der Waals surface area contributed by atoms with Crippen LogP contribution in [0.3, 0.4) is 0 Å². The molecule has 1 amide bonds. The number of likely N-dealkylation sites (tertiary alicyclic amines) is 1. The van der Waals surface area contributed by atoms with Crippen LogP contribution in [0, 0.1) is 5.92 Å². The topological polar surface area (TPSA) is 64.2 Å². The lowest BCUT2D eigenvalue weighted by atomic mass is 10.1.